The van der Waals surface area contributed by atoms with Crippen LogP contribution in [0, 0.1) is 24.7 Å². The molecule has 3 saturated heterocycles. The minimum absolute atomic E-state index is 0.0191. The van der Waals surface area contributed by atoms with E-state index in [1.54, 1.807) is 0 Å². The van der Waals surface area contributed by atoms with Gasteiger partial charge in [0.2, 0.25) is 11.8 Å². The van der Waals surface area contributed by atoms with Gasteiger partial charge in [0, 0.05) is 71.0 Å². The summed E-state index contributed by atoms with van der Waals surface area (Å²) in [5.74, 6) is -2.18. The lowest BCUT2D eigenvalue weighted by Gasteiger charge is -2.24. The molecule has 8 atom stereocenters. The summed E-state index contributed by atoms with van der Waals surface area (Å²) in [7, 11) is 0. The monoisotopic (exact) mass is 640 g/mol. The van der Waals surface area contributed by atoms with Crippen molar-refractivity contribution in [3.05, 3.63) is 51.0 Å². The van der Waals surface area contributed by atoms with Crippen molar-refractivity contribution in [2.24, 2.45) is 17.8 Å². The molecule has 5 heterocycles. The van der Waals surface area contributed by atoms with Crippen molar-refractivity contribution >= 4 is 42.5 Å². The fourth-order valence-corrected chi connectivity index (χ4v) is 8.07. The van der Waals surface area contributed by atoms with Crippen LogP contribution in [0.4, 0.5) is 0 Å². The van der Waals surface area contributed by atoms with Gasteiger partial charge in [-0.15, -0.1) is 0 Å². The van der Waals surface area contributed by atoms with Crippen molar-refractivity contribution in [2.45, 2.75) is 103 Å². The SMILES string of the molecule is C/C=C1/C(=O)N[C@H](Cc2[nH]c(/C=C3\N[C@@]4(O[C@H]4C4NC(=O)[C@H](C)[C@H]4[C@H](C)S)C(C)=C3CCC(=O)O)c(CCC(=O)O)c2C)C1C. The van der Waals surface area contributed by atoms with Gasteiger partial charge < -0.3 is 35.9 Å². The number of epoxide rings is 1. The molecule has 1 aromatic rings. The first-order valence-electron chi connectivity index (χ1n) is 15.7. The number of ether oxygens (including phenoxy) is 1. The molecule has 4 aliphatic heterocycles. The smallest absolute Gasteiger partial charge is 0.303 e. The third kappa shape index (κ3) is 5.94. The predicted octanol–water partition coefficient (Wildman–Crippen LogP) is 3.25. The molecule has 3 fully saturated rings. The Kier molecular flexibility index (Phi) is 9.02. The summed E-state index contributed by atoms with van der Waals surface area (Å²) in [6.45, 7) is 11.6. The molecule has 2 amide bonds. The van der Waals surface area contributed by atoms with E-state index in [-0.39, 0.29) is 72.3 Å². The van der Waals surface area contributed by atoms with E-state index in [0.717, 1.165) is 39.2 Å². The molecule has 4 aliphatic rings. The van der Waals surface area contributed by atoms with Crippen LogP contribution in [0.3, 0.4) is 0 Å². The lowest BCUT2D eigenvalue weighted by molar-refractivity contribution is -0.138. The molecule has 1 spiro atoms. The van der Waals surface area contributed by atoms with Crippen LogP contribution in [0.2, 0.25) is 0 Å². The van der Waals surface area contributed by atoms with E-state index >= 15 is 0 Å². The van der Waals surface area contributed by atoms with Crippen LogP contribution in [-0.4, -0.2) is 68.1 Å². The molecular weight excluding hydrogens is 596 g/mol. The van der Waals surface area contributed by atoms with Crippen molar-refractivity contribution in [3.63, 3.8) is 0 Å². The summed E-state index contributed by atoms with van der Waals surface area (Å²) in [5.41, 5.74) is 5.69. The van der Waals surface area contributed by atoms with Gasteiger partial charge in [0.05, 0.1) is 6.04 Å². The van der Waals surface area contributed by atoms with Crippen LogP contribution < -0.4 is 16.0 Å². The van der Waals surface area contributed by atoms with Gasteiger partial charge in [0.25, 0.3) is 0 Å². The lowest BCUT2D eigenvalue weighted by atomic mass is 9.85. The second-order valence-electron chi connectivity index (χ2n) is 12.9. The van der Waals surface area contributed by atoms with Crippen LogP contribution >= 0.6 is 12.6 Å². The number of thiol groups is 1. The number of carbonyl (C=O) groups is 4. The van der Waals surface area contributed by atoms with E-state index in [9.17, 15) is 29.4 Å². The third-order valence-corrected chi connectivity index (χ3v) is 10.6. The van der Waals surface area contributed by atoms with Gasteiger partial charge in [-0.25, -0.2) is 0 Å². The zero-order valence-electron chi connectivity index (χ0n) is 26.6. The summed E-state index contributed by atoms with van der Waals surface area (Å²) in [5, 5.41) is 28.7. The number of allylic oxidation sites excluding steroid dienone is 2. The van der Waals surface area contributed by atoms with Gasteiger partial charge in [0.1, 0.15) is 6.10 Å². The molecule has 2 unspecified atom stereocenters. The van der Waals surface area contributed by atoms with Crippen LogP contribution in [-0.2, 0) is 36.8 Å². The number of rotatable bonds is 11. The van der Waals surface area contributed by atoms with E-state index in [0.29, 0.717) is 18.5 Å². The van der Waals surface area contributed by atoms with E-state index in [4.69, 9.17) is 4.74 Å². The van der Waals surface area contributed by atoms with Crippen molar-refractivity contribution in [1.82, 2.24) is 20.9 Å². The molecule has 0 saturated carbocycles. The first-order chi connectivity index (χ1) is 21.2. The summed E-state index contributed by atoms with van der Waals surface area (Å²) in [4.78, 5) is 51.9. The number of aromatic amines is 1. The number of nitrogens with one attached hydrogen (secondary N) is 4. The number of carboxylic acids is 2. The summed E-state index contributed by atoms with van der Waals surface area (Å²) in [6.07, 6.45) is 4.38. The maximum Gasteiger partial charge on any atom is 0.303 e. The number of aliphatic carboxylic acids is 2. The summed E-state index contributed by atoms with van der Waals surface area (Å²) in [6, 6.07) is -0.375. The maximum absolute atomic E-state index is 12.7. The number of hydrogen-bond donors (Lipinski definition) is 7. The fourth-order valence-electron chi connectivity index (χ4n) is 7.62. The van der Waals surface area contributed by atoms with Gasteiger partial charge >= 0.3 is 11.9 Å². The molecule has 5 rings (SSSR count). The van der Waals surface area contributed by atoms with Gasteiger partial charge in [0.15, 0.2) is 5.72 Å². The first-order valence-corrected chi connectivity index (χ1v) is 16.2. The van der Waals surface area contributed by atoms with E-state index in [2.05, 4.69) is 33.6 Å². The Labute approximate surface area is 268 Å². The van der Waals surface area contributed by atoms with Gasteiger partial charge in [-0.3, -0.25) is 19.2 Å². The molecule has 6 N–H and O–H groups in total. The summed E-state index contributed by atoms with van der Waals surface area (Å²) < 4.78 is 6.37. The second-order valence-corrected chi connectivity index (χ2v) is 13.7. The largest absolute Gasteiger partial charge is 0.481 e. The Bertz CT molecular complexity index is 1520. The topological polar surface area (TPSA) is 173 Å². The Morgan fingerprint density at radius 2 is 1.73 bits per heavy atom. The Morgan fingerprint density at radius 1 is 1.07 bits per heavy atom. The average molecular weight is 641 g/mol. The zero-order valence-corrected chi connectivity index (χ0v) is 27.5. The molecular formula is C33H44N4O7S. The molecule has 0 radical (unpaired) electrons. The summed E-state index contributed by atoms with van der Waals surface area (Å²) >= 11 is 4.68. The molecule has 0 bridgehead atoms. The molecule has 11 nitrogen and oxygen atoms in total. The predicted molar refractivity (Wildman–Crippen MR) is 171 cm³/mol. The average Bonchev–Trinajstić information content (AvgIpc) is 3.22. The third-order valence-electron chi connectivity index (χ3n) is 10.3. The molecule has 12 heteroatoms. The Morgan fingerprint density at radius 3 is 2.33 bits per heavy atom. The van der Waals surface area contributed by atoms with Crippen molar-refractivity contribution in [1.29, 1.82) is 0 Å². The highest BCUT2D eigenvalue weighted by molar-refractivity contribution is 7.80. The Hall–Kier alpha value is -3.51. The normalized spacial score (nSPS) is 33.2. The minimum Gasteiger partial charge on any atom is -0.481 e. The number of H-pyrrole nitrogens is 1. The number of amides is 2. The highest BCUT2D eigenvalue weighted by atomic mass is 32.1. The minimum atomic E-state index is -0.918. The maximum atomic E-state index is 12.7. The zero-order chi connectivity index (χ0) is 33.0. The van der Waals surface area contributed by atoms with Crippen molar-refractivity contribution in [2.75, 3.05) is 0 Å². The fraction of sp³-hybridized carbons (Fsp3) is 0.576. The molecule has 45 heavy (non-hydrogen) atoms. The molecule has 1 aromatic heterocycles. The van der Waals surface area contributed by atoms with Crippen molar-refractivity contribution < 1.29 is 34.1 Å². The van der Waals surface area contributed by atoms with Crippen LogP contribution in [0.15, 0.2) is 28.5 Å². The highest BCUT2D eigenvalue weighted by Gasteiger charge is 2.68. The van der Waals surface area contributed by atoms with Crippen LogP contribution in [0.5, 0.6) is 0 Å². The van der Waals surface area contributed by atoms with Crippen LogP contribution in [0.1, 0.15) is 76.4 Å². The van der Waals surface area contributed by atoms with Gasteiger partial charge in [-0.2, -0.15) is 12.6 Å². The molecule has 244 valence electrons. The van der Waals surface area contributed by atoms with E-state index in [1.165, 1.54) is 0 Å². The number of hydrogen-bond acceptors (Lipinski definition) is 7. The quantitative estimate of drug-likeness (QED) is 0.110. The van der Waals surface area contributed by atoms with Gasteiger partial charge in [-0.05, 0) is 62.0 Å². The lowest BCUT2D eigenvalue weighted by Crippen LogP contribution is -2.43. The van der Waals surface area contributed by atoms with E-state index in [1.807, 2.05) is 53.7 Å². The number of carboxylic acid groups (broad SMARTS) is 2. The standard InChI is InChI=1S/C33H44N4O7S/c1-7-19-14(2)23(35-32(19)43)12-22-15(3)20(8-10-26(38)39)24(34-22)13-25-21(9-11-27(40)41)17(5)33(37-25)30(44-33)29-28(18(6)45)16(4)31(42)36-29/h7,13-14,16,18,23,28-30,34,37,45H,8-12H2,1-6H3,(H,35,43)(H,36,42)(H,38,39)(H,40,41)/b19-7+,25-13-/t14?,16-,18+,23-,28+,29?,30+,33-/m1/s1. The van der Waals surface area contributed by atoms with Crippen molar-refractivity contribution in [3.8, 4) is 0 Å². The van der Waals surface area contributed by atoms with E-state index < -0.39 is 17.7 Å². The molecule has 0 aromatic carbocycles. The second kappa shape index (κ2) is 12.4. The molecule has 0 aliphatic carbocycles. The highest BCUT2D eigenvalue weighted by Crippen LogP contribution is 2.53. The van der Waals surface area contributed by atoms with Gasteiger partial charge in [-0.1, -0.05) is 26.8 Å². The Balaban J connectivity index is 1.51. The first kappa shape index (κ1) is 32.9. The number of aromatic nitrogens is 1. The number of carbonyl (C=O) groups excluding carboxylic acids is 2. The van der Waals surface area contributed by atoms with Crippen LogP contribution in [0.25, 0.3) is 6.08 Å².